The zero-order valence-corrected chi connectivity index (χ0v) is 14.1. The van der Waals surface area contributed by atoms with Crippen LogP contribution in [-0.2, 0) is 6.54 Å². The number of nitrogens with zero attached hydrogens (tertiary/aromatic N) is 2. The van der Waals surface area contributed by atoms with Crippen LogP contribution in [-0.4, -0.2) is 32.9 Å². The maximum Gasteiger partial charge on any atom is 0.319 e. The smallest absolute Gasteiger partial charge is 0.319 e. The Morgan fingerprint density at radius 1 is 1.39 bits per heavy atom. The van der Waals surface area contributed by atoms with Gasteiger partial charge in [0.2, 0.25) is 0 Å². The van der Waals surface area contributed by atoms with Gasteiger partial charge in [0.1, 0.15) is 0 Å². The highest BCUT2D eigenvalue weighted by atomic mass is 32.2. The molecule has 0 spiro atoms. The van der Waals surface area contributed by atoms with Crippen molar-refractivity contribution in [3.05, 3.63) is 48.3 Å². The van der Waals surface area contributed by atoms with Crippen molar-refractivity contribution in [1.82, 2.24) is 15.1 Å². The molecule has 2 heterocycles. The summed E-state index contributed by atoms with van der Waals surface area (Å²) >= 11 is 1.95. The van der Waals surface area contributed by atoms with Crippen LogP contribution < -0.4 is 10.6 Å². The number of benzene rings is 1. The summed E-state index contributed by atoms with van der Waals surface area (Å²) in [6, 6.07) is 9.62. The van der Waals surface area contributed by atoms with Crippen LogP contribution in [0.3, 0.4) is 0 Å². The fourth-order valence-corrected chi connectivity index (χ4v) is 3.94. The van der Waals surface area contributed by atoms with Gasteiger partial charge in [0, 0.05) is 29.4 Å². The van der Waals surface area contributed by atoms with Crippen LogP contribution in [0.4, 0.5) is 10.5 Å². The maximum absolute atomic E-state index is 12.0. The number of nitrogens with one attached hydrogen (secondary N) is 2. The lowest BCUT2D eigenvalue weighted by atomic mass is 10.1. The van der Waals surface area contributed by atoms with Gasteiger partial charge < -0.3 is 10.6 Å². The number of thioether (sulfide) groups is 1. The van der Waals surface area contributed by atoms with Crippen LogP contribution >= 0.6 is 11.8 Å². The molecule has 5 nitrogen and oxygen atoms in total. The molecule has 1 aromatic heterocycles. The minimum absolute atomic E-state index is 0.140. The number of rotatable bonds is 5. The number of hydrogen-bond acceptors (Lipinski definition) is 3. The lowest BCUT2D eigenvalue weighted by molar-refractivity contribution is 0.251. The first kappa shape index (κ1) is 15.9. The molecular weight excluding hydrogens is 308 g/mol. The van der Waals surface area contributed by atoms with E-state index >= 15 is 0 Å². The number of urea groups is 1. The number of amides is 2. The van der Waals surface area contributed by atoms with Crippen LogP contribution in [0.2, 0.25) is 0 Å². The predicted octanol–water partition coefficient (Wildman–Crippen LogP) is 3.34. The molecule has 1 atom stereocenters. The summed E-state index contributed by atoms with van der Waals surface area (Å²) in [7, 11) is 0. The molecule has 6 heteroatoms. The molecule has 1 saturated heterocycles. The highest BCUT2D eigenvalue weighted by Crippen LogP contribution is 2.36. The van der Waals surface area contributed by atoms with E-state index in [0.29, 0.717) is 6.54 Å². The molecule has 122 valence electrons. The lowest BCUT2D eigenvalue weighted by Gasteiger charge is -2.22. The van der Waals surface area contributed by atoms with E-state index in [1.165, 1.54) is 18.6 Å². The molecule has 0 unspecified atom stereocenters. The minimum atomic E-state index is -0.140. The first-order valence-electron chi connectivity index (χ1n) is 7.88. The van der Waals surface area contributed by atoms with E-state index < -0.39 is 0 Å². The van der Waals surface area contributed by atoms with E-state index in [4.69, 9.17) is 0 Å². The Bertz CT molecular complexity index is 633. The molecule has 2 N–H and O–H groups in total. The van der Waals surface area contributed by atoms with E-state index in [1.54, 1.807) is 6.20 Å². The summed E-state index contributed by atoms with van der Waals surface area (Å²) in [6.07, 6.45) is 6.10. The van der Waals surface area contributed by atoms with Crippen LogP contribution in [0.1, 0.15) is 25.3 Å². The highest BCUT2D eigenvalue weighted by Gasteiger charge is 2.29. The van der Waals surface area contributed by atoms with Gasteiger partial charge in [-0.15, -0.1) is 0 Å². The first-order valence-corrected chi connectivity index (χ1v) is 8.87. The van der Waals surface area contributed by atoms with Gasteiger partial charge in [-0.25, -0.2) is 4.79 Å². The Morgan fingerprint density at radius 2 is 2.22 bits per heavy atom. The lowest BCUT2D eigenvalue weighted by Crippen LogP contribution is -2.39. The van der Waals surface area contributed by atoms with Crippen molar-refractivity contribution in [1.29, 1.82) is 0 Å². The minimum Gasteiger partial charge on any atom is -0.336 e. The fourth-order valence-electron chi connectivity index (χ4n) is 2.69. The van der Waals surface area contributed by atoms with E-state index in [2.05, 4.69) is 22.7 Å². The third-order valence-corrected chi connectivity index (χ3v) is 5.58. The summed E-state index contributed by atoms with van der Waals surface area (Å²) < 4.78 is 2.06. The van der Waals surface area contributed by atoms with Gasteiger partial charge in [-0.2, -0.15) is 16.9 Å². The Hall–Kier alpha value is -1.95. The average molecular weight is 330 g/mol. The number of hydrogen-bond donors (Lipinski definition) is 2. The maximum atomic E-state index is 12.0. The topological polar surface area (TPSA) is 59.0 Å². The van der Waals surface area contributed by atoms with Crippen LogP contribution in [0.15, 0.2) is 42.7 Å². The van der Waals surface area contributed by atoms with Crippen LogP contribution in [0, 0.1) is 0 Å². The standard InChI is InChI=1S/C17H22N4OS/c1-17(8-2-11-23-17)13-18-16(22)20-15-6-4-14(5-7-15)12-21-10-3-9-19-21/h3-7,9-10H,2,8,11-13H2,1H3,(H2,18,20,22)/t17-/m1/s1. The highest BCUT2D eigenvalue weighted by molar-refractivity contribution is 8.00. The van der Waals surface area contributed by atoms with Gasteiger partial charge in [0.25, 0.3) is 0 Å². The average Bonchev–Trinajstić information content (AvgIpc) is 3.20. The monoisotopic (exact) mass is 330 g/mol. The molecular formula is C17H22N4OS. The van der Waals surface area contributed by atoms with Gasteiger partial charge in [-0.05, 0) is 49.3 Å². The van der Waals surface area contributed by atoms with E-state index in [0.717, 1.165) is 17.8 Å². The predicted molar refractivity (Wildman–Crippen MR) is 94.9 cm³/mol. The molecule has 0 radical (unpaired) electrons. The van der Waals surface area contributed by atoms with Crippen LogP contribution in [0.5, 0.6) is 0 Å². The normalized spacial score (nSPS) is 20.4. The molecule has 23 heavy (non-hydrogen) atoms. The Balaban J connectivity index is 1.48. The van der Waals surface area contributed by atoms with E-state index in [-0.39, 0.29) is 10.8 Å². The number of carbonyl (C=O) groups excluding carboxylic acids is 1. The van der Waals surface area contributed by atoms with Gasteiger partial charge in [0.15, 0.2) is 0 Å². The van der Waals surface area contributed by atoms with Crippen LogP contribution in [0.25, 0.3) is 0 Å². The number of anilines is 1. The number of carbonyl (C=O) groups is 1. The molecule has 3 rings (SSSR count). The molecule has 2 aromatic rings. The largest absolute Gasteiger partial charge is 0.336 e. The molecule has 1 aliphatic rings. The van der Waals surface area contributed by atoms with Gasteiger partial charge >= 0.3 is 6.03 Å². The summed E-state index contributed by atoms with van der Waals surface area (Å²) in [4.78, 5) is 12.0. The summed E-state index contributed by atoms with van der Waals surface area (Å²) in [5.74, 6) is 1.19. The van der Waals surface area contributed by atoms with E-state index in [9.17, 15) is 4.79 Å². The zero-order valence-electron chi connectivity index (χ0n) is 13.3. The Kier molecular flexibility index (Phi) is 4.91. The fraction of sp³-hybridized carbons (Fsp3) is 0.412. The molecule has 2 amide bonds. The summed E-state index contributed by atoms with van der Waals surface area (Å²) in [5.41, 5.74) is 1.95. The first-order chi connectivity index (χ1) is 11.1. The van der Waals surface area contributed by atoms with Gasteiger partial charge in [-0.1, -0.05) is 12.1 Å². The second-order valence-electron chi connectivity index (χ2n) is 6.11. The third kappa shape index (κ3) is 4.51. The van der Waals surface area contributed by atoms with Crippen molar-refractivity contribution in [2.75, 3.05) is 17.6 Å². The van der Waals surface area contributed by atoms with Crippen molar-refractivity contribution in [3.8, 4) is 0 Å². The van der Waals surface area contributed by atoms with Crippen molar-refractivity contribution in [2.24, 2.45) is 0 Å². The van der Waals surface area contributed by atoms with Crippen molar-refractivity contribution in [2.45, 2.75) is 31.1 Å². The van der Waals surface area contributed by atoms with Gasteiger partial charge in [0.05, 0.1) is 6.54 Å². The van der Waals surface area contributed by atoms with Crippen molar-refractivity contribution >= 4 is 23.5 Å². The molecule has 0 aliphatic carbocycles. The molecule has 1 aliphatic heterocycles. The van der Waals surface area contributed by atoms with Crippen molar-refractivity contribution < 1.29 is 4.79 Å². The SMILES string of the molecule is C[C@]1(CNC(=O)Nc2ccc(Cn3cccn3)cc2)CCCS1. The molecule has 1 fully saturated rings. The Labute approximate surface area is 140 Å². The quantitative estimate of drug-likeness (QED) is 0.884. The molecule has 0 saturated carbocycles. The Morgan fingerprint density at radius 3 is 2.87 bits per heavy atom. The second-order valence-corrected chi connectivity index (χ2v) is 7.79. The zero-order chi connectivity index (χ0) is 16.1. The van der Waals surface area contributed by atoms with Gasteiger partial charge in [-0.3, -0.25) is 4.68 Å². The third-order valence-electron chi connectivity index (χ3n) is 4.04. The molecule has 0 bridgehead atoms. The van der Waals surface area contributed by atoms with Crippen molar-refractivity contribution in [3.63, 3.8) is 0 Å². The second kappa shape index (κ2) is 7.08. The number of aromatic nitrogens is 2. The van der Waals surface area contributed by atoms with E-state index in [1.807, 2.05) is 53.0 Å². The summed E-state index contributed by atoms with van der Waals surface area (Å²) in [6.45, 7) is 3.66. The summed E-state index contributed by atoms with van der Waals surface area (Å²) in [5, 5.41) is 10.1. The molecule has 1 aromatic carbocycles.